The summed E-state index contributed by atoms with van der Waals surface area (Å²) in [5.41, 5.74) is 5.28. The molecule has 49 heavy (non-hydrogen) atoms. The van der Waals surface area contributed by atoms with E-state index < -0.39 is 11.9 Å². The maximum absolute atomic E-state index is 13.0. The van der Waals surface area contributed by atoms with Crippen molar-refractivity contribution in [3.05, 3.63) is 46.6 Å². The Morgan fingerprint density at radius 1 is 0.796 bits per heavy atom. The first-order valence-corrected chi connectivity index (χ1v) is 19.2. The van der Waals surface area contributed by atoms with E-state index in [1.807, 2.05) is 12.2 Å². The molecule has 0 radical (unpaired) electrons. The molecule has 8 atom stereocenters. The van der Waals surface area contributed by atoms with Crippen molar-refractivity contribution in [2.75, 3.05) is 13.2 Å². The number of aliphatic hydroxyl groups is 2. The minimum Gasteiger partial charge on any atom is -0.461 e. The highest BCUT2D eigenvalue weighted by molar-refractivity contribution is 5.91. The molecule has 276 valence electrons. The maximum atomic E-state index is 13.0. The van der Waals surface area contributed by atoms with Gasteiger partial charge in [0.15, 0.2) is 0 Å². The number of ether oxygens (including phenoxy) is 2. The Labute approximate surface area is 297 Å². The Morgan fingerprint density at radius 3 is 1.86 bits per heavy atom. The maximum Gasteiger partial charge on any atom is 0.317 e. The quantitative estimate of drug-likeness (QED) is 0.121. The van der Waals surface area contributed by atoms with Crippen molar-refractivity contribution in [1.29, 1.82) is 0 Å². The number of hydrogen-bond acceptors (Lipinski definition) is 6. The second-order valence-electron chi connectivity index (χ2n) is 18.0. The summed E-state index contributed by atoms with van der Waals surface area (Å²) < 4.78 is 11.5. The summed E-state index contributed by atoms with van der Waals surface area (Å²) in [6, 6.07) is 0. The molecule has 0 aromatic carbocycles. The third-order valence-corrected chi connectivity index (χ3v) is 14.4. The highest BCUT2D eigenvalue weighted by Crippen LogP contribution is 2.62. The number of fused-ring (bicyclic) bond motifs is 2. The van der Waals surface area contributed by atoms with E-state index in [0.29, 0.717) is 23.7 Å². The molecule has 0 spiro atoms. The van der Waals surface area contributed by atoms with Gasteiger partial charge in [0.1, 0.15) is 19.1 Å². The van der Waals surface area contributed by atoms with E-state index in [4.69, 9.17) is 9.47 Å². The van der Waals surface area contributed by atoms with Crippen LogP contribution in [0.3, 0.4) is 0 Å². The van der Waals surface area contributed by atoms with Crippen LogP contribution in [0.15, 0.2) is 46.6 Å². The van der Waals surface area contributed by atoms with Crippen LogP contribution in [0.25, 0.3) is 0 Å². The van der Waals surface area contributed by atoms with Crippen LogP contribution in [-0.2, 0) is 19.1 Å². The van der Waals surface area contributed by atoms with Crippen LogP contribution in [0.2, 0.25) is 0 Å². The van der Waals surface area contributed by atoms with E-state index in [-0.39, 0.29) is 53.5 Å². The molecule has 6 nitrogen and oxygen atoms in total. The molecule has 0 amide bonds. The van der Waals surface area contributed by atoms with Crippen LogP contribution >= 0.6 is 0 Å². The molecule has 4 rings (SSSR count). The van der Waals surface area contributed by atoms with Gasteiger partial charge in [-0.05, 0) is 138 Å². The minimum atomic E-state index is -0.542. The highest BCUT2D eigenvalue weighted by atomic mass is 16.6. The molecule has 2 saturated carbocycles. The summed E-state index contributed by atoms with van der Waals surface area (Å²) in [6.45, 7) is 22.7. The molecule has 0 aromatic heterocycles. The molecule has 4 aliphatic carbocycles. The van der Waals surface area contributed by atoms with Gasteiger partial charge in [-0.25, -0.2) is 0 Å². The van der Waals surface area contributed by atoms with Crippen LogP contribution in [0, 0.1) is 45.3 Å². The molecular weight excluding hydrogens is 612 g/mol. The number of allylic oxidation sites excluding steroid dienone is 6. The van der Waals surface area contributed by atoms with Crippen molar-refractivity contribution in [2.24, 2.45) is 45.3 Å². The van der Waals surface area contributed by atoms with Gasteiger partial charge in [-0.3, -0.25) is 9.59 Å². The summed E-state index contributed by atoms with van der Waals surface area (Å²) in [7, 11) is 0. The number of carbonyl (C=O) groups is 2. The zero-order chi connectivity index (χ0) is 36.4. The molecule has 0 saturated heterocycles. The molecule has 0 bridgehead atoms. The number of rotatable bonds is 12. The predicted octanol–water partition coefficient (Wildman–Crippen LogP) is 9.46. The summed E-state index contributed by atoms with van der Waals surface area (Å²) in [4.78, 5) is 25.7. The van der Waals surface area contributed by atoms with E-state index in [2.05, 4.69) is 81.4 Å². The summed E-state index contributed by atoms with van der Waals surface area (Å²) >= 11 is 0. The van der Waals surface area contributed by atoms with E-state index in [9.17, 15) is 19.8 Å². The van der Waals surface area contributed by atoms with Crippen molar-refractivity contribution < 1.29 is 29.3 Å². The van der Waals surface area contributed by atoms with Crippen LogP contribution in [-0.4, -0.2) is 47.6 Å². The lowest BCUT2D eigenvalue weighted by Crippen LogP contribution is -2.55. The summed E-state index contributed by atoms with van der Waals surface area (Å²) in [5.74, 6) is 0.700. The fraction of sp³-hybridized carbons (Fsp3) is 0.767. The standard InChI is InChI=1S/C43H68O6/c1-28(21-25-44)11-15-33-31(4)14-18-35-41(7,8)37(20-24-43(33,35)10)49-39(47)27-38(46)48-26-22-29(2)12-16-32-30(3)13-17-34-40(5,6)36(45)19-23-42(32,34)9/h13-14,21-22,32-37,44-45H,11-12,15-20,23-27H2,1-10H3/b28-21+,29-22+/t32-,33-,34-,35-,36+,37+,42+,43+/m1/s1. The van der Waals surface area contributed by atoms with Crippen LogP contribution in [0.4, 0.5) is 0 Å². The molecular formula is C43H68O6. The Kier molecular flexibility index (Phi) is 12.6. The van der Waals surface area contributed by atoms with E-state index in [0.717, 1.165) is 64.2 Å². The van der Waals surface area contributed by atoms with Crippen molar-refractivity contribution in [3.8, 4) is 0 Å². The molecule has 4 aliphatic rings. The number of aliphatic hydroxyl groups excluding tert-OH is 2. The van der Waals surface area contributed by atoms with Gasteiger partial charge in [0.25, 0.3) is 0 Å². The average Bonchev–Trinajstić information content (AvgIpc) is 3.00. The third-order valence-electron chi connectivity index (χ3n) is 14.4. The van der Waals surface area contributed by atoms with Gasteiger partial charge in [-0.1, -0.05) is 82.1 Å². The van der Waals surface area contributed by atoms with Gasteiger partial charge in [0.2, 0.25) is 0 Å². The van der Waals surface area contributed by atoms with Crippen molar-refractivity contribution in [2.45, 2.75) is 152 Å². The van der Waals surface area contributed by atoms with Crippen LogP contribution in [0.5, 0.6) is 0 Å². The Morgan fingerprint density at radius 2 is 1.31 bits per heavy atom. The number of esters is 2. The summed E-state index contributed by atoms with van der Waals surface area (Å²) in [6.07, 6.45) is 17.5. The zero-order valence-corrected chi connectivity index (χ0v) is 32.5. The lowest BCUT2D eigenvalue weighted by Gasteiger charge is -2.59. The van der Waals surface area contributed by atoms with Crippen molar-refractivity contribution >= 4 is 11.9 Å². The van der Waals surface area contributed by atoms with E-state index >= 15 is 0 Å². The summed E-state index contributed by atoms with van der Waals surface area (Å²) in [5, 5.41) is 20.1. The first-order valence-electron chi connectivity index (χ1n) is 19.2. The van der Waals surface area contributed by atoms with Crippen molar-refractivity contribution in [1.82, 2.24) is 0 Å². The largest absolute Gasteiger partial charge is 0.461 e. The highest BCUT2D eigenvalue weighted by Gasteiger charge is 2.57. The lowest BCUT2D eigenvalue weighted by molar-refractivity contribution is -0.176. The SMILES string of the molecule is CC1=CC[C@@H]2C(C)(C)[C@@H](OC(=O)CC(=O)OC/C=C(\C)CC[C@@H]3C(C)=CC[C@@H]4C(C)(C)[C@@H](O)CC[C@@]34C)CC[C@@]2(C)[C@@H]1CC/C(C)=C/CO. The molecule has 0 unspecified atom stereocenters. The normalized spacial score (nSPS) is 35.8. The third kappa shape index (κ3) is 8.32. The topological polar surface area (TPSA) is 93.1 Å². The lowest BCUT2D eigenvalue weighted by atomic mass is 9.47. The van der Waals surface area contributed by atoms with Gasteiger partial charge in [-0.15, -0.1) is 0 Å². The number of carbonyl (C=O) groups excluding carboxylic acids is 2. The Bertz CT molecular complexity index is 1330. The molecule has 0 heterocycles. The van der Waals surface area contributed by atoms with E-state index in [1.165, 1.54) is 22.3 Å². The van der Waals surface area contributed by atoms with Gasteiger partial charge >= 0.3 is 11.9 Å². The van der Waals surface area contributed by atoms with Crippen LogP contribution in [0.1, 0.15) is 140 Å². The first kappa shape index (κ1) is 39.6. The molecule has 0 aromatic rings. The smallest absolute Gasteiger partial charge is 0.317 e. The molecule has 2 fully saturated rings. The van der Waals surface area contributed by atoms with Crippen LogP contribution < -0.4 is 0 Å². The van der Waals surface area contributed by atoms with Gasteiger partial charge in [-0.2, -0.15) is 0 Å². The van der Waals surface area contributed by atoms with E-state index in [1.54, 1.807) is 0 Å². The second kappa shape index (κ2) is 15.6. The monoisotopic (exact) mass is 681 g/mol. The first-order chi connectivity index (χ1) is 22.9. The fourth-order valence-corrected chi connectivity index (χ4v) is 11.1. The number of hydrogen-bond donors (Lipinski definition) is 2. The Balaban J connectivity index is 1.26. The average molecular weight is 681 g/mol. The Hall–Kier alpha value is -2.18. The second-order valence-corrected chi connectivity index (χ2v) is 18.0. The molecule has 0 aliphatic heterocycles. The fourth-order valence-electron chi connectivity index (χ4n) is 11.1. The van der Waals surface area contributed by atoms with Gasteiger partial charge in [0, 0.05) is 5.41 Å². The molecule has 6 heteroatoms. The van der Waals surface area contributed by atoms with Crippen molar-refractivity contribution in [3.63, 3.8) is 0 Å². The van der Waals surface area contributed by atoms with Gasteiger partial charge in [0.05, 0.1) is 12.7 Å². The minimum absolute atomic E-state index is 0.0829. The zero-order valence-electron chi connectivity index (χ0n) is 32.5. The predicted molar refractivity (Wildman–Crippen MR) is 197 cm³/mol. The van der Waals surface area contributed by atoms with Gasteiger partial charge < -0.3 is 19.7 Å². The molecule has 2 N–H and O–H groups in total.